The first-order valence-electron chi connectivity index (χ1n) is 9.77. The van der Waals surface area contributed by atoms with E-state index in [1.165, 1.54) is 24.3 Å². The summed E-state index contributed by atoms with van der Waals surface area (Å²) in [5, 5.41) is 2.81. The number of benzene rings is 1. The fourth-order valence-corrected chi connectivity index (χ4v) is 3.95. The molecule has 1 fully saturated rings. The van der Waals surface area contributed by atoms with Gasteiger partial charge in [-0.05, 0) is 67.9 Å². The van der Waals surface area contributed by atoms with E-state index < -0.39 is 10.5 Å². The minimum absolute atomic E-state index is 0.173. The molecule has 0 aliphatic carbocycles. The highest BCUT2D eigenvalue weighted by molar-refractivity contribution is 7.81. The van der Waals surface area contributed by atoms with Gasteiger partial charge in [-0.3, -0.25) is 9.88 Å². The average molecular weight is 437 g/mol. The Bertz CT molecular complexity index is 941. The van der Waals surface area contributed by atoms with Crippen molar-refractivity contribution in [2.75, 3.05) is 25.0 Å². The first-order valence-corrected chi connectivity index (χ1v) is 11.1. The Labute approximate surface area is 176 Å². The predicted octanol–water partition coefficient (Wildman–Crippen LogP) is 3.19. The molecule has 2 amide bonds. The number of halogens is 1. The molecule has 1 saturated heterocycles. The Morgan fingerprint density at radius 1 is 1.27 bits per heavy atom. The fraction of sp³-hybridized carbons (Fsp3) is 0.400. The molecule has 3 rings (SSSR count). The van der Waals surface area contributed by atoms with Gasteiger partial charge in [0.25, 0.3) is 0 Å². The lowest BCUT2D eigenvalue weighted by atomic mass is 10.2. The number of amides is 2. The van der Waals surface area contributed by atoms with Gasteiger partial charge >= 0.3 is 16.5 Å². The second kappa shape index (κ2) is 9.86. The minimum atomic E-state index is -5.09. The molecule has 8 nitrogen and oxygen atoms in total. The molecule has 10 heteroatoms. The van der Waals surface area contributed by atoms with E-state index in [0.717, 1.165) is 31.5 Å². The van der Waals surface area contributed by atoms with Crippen LogP contribution in [0.25, 0.3) is 0 Å². The van der Waals surface area contributed by atoms with Crippen LogP contribution in [0.3, 0.4) is 0 Å². The van der Waals surface area contributed by atoms with Crippen LogP contribution in [0, 0.1) is 0 Å². The molecule has 2 aromatic rings. The molecule has 0 saturated carbocycles. The topological polar surface area (TPSA) is 91.8 Å². The lowest BCUT2D eigenvalue weighted by Crippen LogP contribution is -2.44. The van der Waals surface area contributed by atoms with Crippen LogP contribution in [0.4, 0.5) is 14.4 Å². The van der Waals surface area contributed by atoms with Gasteiger partial charge in [0.05, 0.1) is 0 Å². The van der Waals surface area contributed by atoms with Crippen molar-refractivity contribution >= 4 is 22.2 Å². The lowest BCUT2D eigenvalue weighted by Gasteiger charge is -2.30. The second-order valence-corrected chi connectivity index (χ2v) is 8.04. The van der Waals surface area contributed by atoms with Crippen molar-refractivity contribution in [3.63, 3.8) is 0 Å². The zero-order valence-corrected chi connectivity index (χ0v) is 17.5. The minimum Gasteiger partial charge on any atom is -0.358 e. The molecule has 0 bridgehead atoms. The number of anilines is 1. The van der Waals surface area contributed by atoms with Crippen LogP contribution in [-0.2, 0) is 17.0 Å². The molecule has 2 heterocycles. The van der Waals surface area contributed by atoms with Crippen LogP contribution >= 0.6 is 0 Å². The number of hydrogen-bond donors (Lipinski definition) is 1. The third-order valence-electron chi connectivity index (χ3n) is 5.05. The van der Waals surface area contributed by atoms with E-state index in [9.17, 15) is 17.1 Å². The number of likely N-dealkylation sites (tertiary alicyclic amines) is 1. The number of aromatic nitrogens is 1. The van der Waals surface area contributed by atoms with Crippen LogP contribution in [0.1, 0.15) is 25.3 Å². The highest BCUT2D eigenvalue weighted by Crippen LogP contribution is 2.21. The number of carbonyl (C=O) groups is 1. The first kappa shape index (κ1) is 22.0. The molecule has 1 atom stereocenters. The maximum absolute atomic E-state index is 13.0. The molecule has 1 unspecified atom stereocenters. The van der Waals surface area contributed by atoms with Crippen molar-refractivity contribution < 1.29 is 21.3 Å². The normalized spacial score (nSPS) is 16.9. The van der Waals surface area contributed by atoms with Crippen LogP contribution in [0.2, 0.25) is 0 Å². The molecule has 162 valence electrons. The van der Waals surface area contributed by atoms with Gasteiger partial charge in [-0.2, -0.15) is 8.42 Å². The summed E-state index contributed by atoms with van der Waals surface area (Å²) < 4.78 is 37.9. The number of carbonyl (C=O) groups excluding carboxylic acids is 1. The summed E-state index contributed by atoms with van der Waals surface area (Å²) in [5.41, 5.74) is 1.42. The molecule has 1 aliphatic heterocycles. The smallest absolute Gasteiger partial charge is 0.358 e. The number of likely N-dealkylation sites (N-methyl/N-ethyl adjacent to an activating group) is 1. The summed E-state index contributed by atoms with van der Waals surface area (Å²) >= 11 is 0. The monoisotopic (exact) mass is 436 g/mol. The zero-order chi connectivity index (χ0) is 21.6. The molecule has 0 radical (unpaired) electrons. The van der Waals surface area contributed by atoms with E-state index in [2.05, 4.69) is 26.3 Å². The maximum Gasteiger partial charge on any atom is 0.488 e. The Morgan fingerprint density at radius 2 is 1.97 bits per heavy atom. The standard InChI is InChI=1S/C20H25FN4O4S/c1-2-24-13-3-4-18(24)15-25(14-16-9-11-22-12-10-16)20(26)23-17-5-7-19(8-6-17)29-30(21,27)28/h5-12,18H,2-4,13-15H2,1H3,(H,23,26). The van der Waals surface area contributed by atoms with Gasteiger partial charge in [-0.1, -0.05) is 10.8 Å². The summed E-state index contributed by atoms with van der Waals surface area (Å²) in [7, 11) is -5.09. The van der Waals surface area contributed by atoms with E-state index in [1.54, 1.807) is 17.3 Å². The Hall–Kier alpha value is -2.72. The van der Waals surface area contributed by atoms with Crippen LogP contribution in [-0.4, -0.2) is 54.9 Å². The van der Waals surface area contributed by atoms with Crippen LogP contribution in [0.15, 0.2) is 48.8 Å². The molecule has 1 N–H and O–H groups in total. The number of nitrogens with one attached hydrogen (secondary N) is 1. The molecule has 1 aliphatic rings. The molecular formula is C20H25FN4O4S. The summed E-state index contributed by atoms with van der Waals surface area (Å²) in [6.07, 6.45) is 5.54. The van der Waals surface area contributed by atoms with E-state index in [4.69, 9.17) is 0 Å². The predicted molar refractivity (Wildman–Crippen MR) is 111 cm³/mol. The second-order valence-electron chi connectivity index (χ2n) is 7.09. The molecule has 1 aromatic carbocycles. The van der Waals surface area contributed by atoms with E-state index in [1.807, 2.05) is 12.1 Å². The first-order chi connectivity index (χ1) is 14.3. The van der Waals surface area contributed by atoms with Crippen molar-refractivity contribution in [1.82, 2.24) is 14.8 Å². The third kappa shape index (κ3) is 6.39. The van der Waals surface area contributed by atoms with Gasteiger partial charge in [-0.25, -0.2) is 4.79 Å². The highest BCUT2D eigenvalue weighted by atomic mass is 32.3. The third-order valence-corrected chi connectivity index (χ3v) is 5.44. The van der Waals surface area contributed by atoms with Crippen molar-refractivity contribution in [3.8, 4) is 5.75 Å². The van der Waals surface area contributed by atoms with Crippen LogP contribution < -0.4 is 9.50 Å². The van der Waals surface area contributed by atoms with E-state index in [0.29, 0.717) is 24.8 Å². The van der Waals surface area contributed by atoms with Crippen molar-refractivity contribution in [3.05, 3.63) is 54.4 Å². The van der Waals surface area contributed by atoms with Gasteiger partial charge in [0.15, 0.2) is 0 Å². The van der Waals surface area contributed by atoms with Gasteiger partial charge in [0.1, 0.15) is 5.75 Å². The average Bonchev–Trinajstić information content (AvgIpc) is 3.16. The number of nitrogens with zero attached hydrogens (tertiary/aromatic N) is 3. The Morgan fingerprint density at radius 3 is 2.60 bits per heavy atom. The Kier molecular flexibility index (Phi) is 7.22. The largest absolute Gasteiger partial charge is 0.488 e. The highest BCUT2D eigenvalue weighted by Gasteiger charge is 2.27. The van der Waals surface area contributed by atoms with Gasteiger partial charge in [-0.15, -0.1) is 0 Å². The number of rotatable bonds is 8. The summed E-state index contributed by atoms with van der Waals surface area (Å²) in [4.78, 5) is 21.2. The van der Waals surface area contributed by atoms with Gasteiger partial charge in [0.2, 0.25) is 0 Å². The number of hydrogen-bond acceptors (Lipinski definition) is 6. The van der Waals surface area contributed by atoms with Gasteiger partial charge < -0.3 is 14.4 Å². The number of pyridine rings is 1. The van der Waals surface area contributed by atoms with Crippen molar-refractivity contribution in [1.29, 1.82) is 0 Å². The molecule has 1 aromatic heterocycles. The zero-order valence-electron chi connectivity index (χ0n) is 16.7. The Balaban J connectivity index is 1.70. The summed E-state index contributed by atoms with van der Waals surface area (Å²) in [6.45, 7) is 5.11. The molecule has 30 heavy (non-hydrogen) atoms. The lowest BCUT2D eigenvalue weighted by molar-refractivity contribution is 0.175. The summed E-state index contributed by atoms with van der Waals surface area (Å²) in [5.74, 6) is -0.173. The SMILES string of the molecule is CCN1CCCC1CN(Cc1ccncc1)C(=O)Nc1ccc(OS(=O)(=O)F)cc1. The maximum atomic E-state index is 13.0. The van der Waals surface area contributed by atoms with Crippen LogP contribution in [0.5, 0.6) is 5.75 Å². The molecule has 0 spiro atoms. The summed E-state index contributed by atoms with van der Waals surface area (Å²) in [6, 6.07) is 9.22. The van der Waals surface area contributed by atoms with Crippen molar-refractivity contribution in [2.45, 2.75) is 32.4 Å². The number of urea groups is 1. The van der Waals surface area contributed by atoms with E-state index in [-0.39, 0.29) is 11.8 Å². The van der Waals surface area contributed by atoms with Gasteiger partial charge in [0, 0.05) is 37.2 Å². The fourth-order valence-electron chi connectivity index (χ4n) is 3.61. The van der Waals surface area contributed by atoms with E-state index >= 15 is 0 Å². The molecular weight excluding hydrogens is 411 g/mol. The quantitative estimate of drug-likeness (QED) is 0.639. The van der Waals surface area contributed by atoms with Crippen molar-refractivity contribution in [2.24, 2.45) is 0 Å².